The van der Waals surface area contributed by atoms with Gasteiger partial charge in [0.15, 0.2) is 0 Å². The Labute approximate surface area is 115 Å². The third kappa shape index (κ3) is 2.65. The van der Waals surface area contributed by atoms with E-state index >= 15 is 0 Å². The summed E-state index contributed by atoms with van der Waals surface area (Å²) in [4.78, 5) is 14.3. The first-order valence-electron chi connectivity index (χ1n) is 6.84. The van der Waals surface area contributed by atoms with Gasteiger partial charge in [-0.05, 0) is 32.1 Å². The number of ether oxygens (including phenoxy) is 1. The lowest BCUT2D eigenvalue weighted by Crippen LogP contribution is -2.50. The Hall–Kier alpha value is -0.320. The van der Waals surface area contributed by atoms with Crippen LogP contribution in [0.1, 0.15) is 32.1 Å². The zero-order valence-corrected chi connectivity index (χ0v) is 11.7. The number of hydrogen-bond donors (Lipinski definition) is 1. The lowest BCUT2D eigenvalue weighted by atomic mass is 9.97. The van der Waals surface area contributed by atoms with Crippen molar-refractivity contribution in [2.24, 2.45) is 5.92 Å². The molecule has 1 N–H and O–H groups in total. The van der Waals surface area contributed by atoms with Crippen LogP contribution in [-0.4, -0.2) is 49.2 Å². The van der Waals surface area contributed by atoms with Gasteiger partial charge in [0.05, 0.1) is 12.5 Å². The van der Waals surface area contributed by atoms with Crippen LogP contribution < -0.4 is 5.32 Å². The molecule has 3 aliphatic rings. The van der Waals surface area contributed by atoms with Crippen molar-refractivity contribution in [2.45, 2.75) is 50.2 Å². The van der Waals surface area contributed by atoms with E-state index in [1.165, 1.54) is 12.8 Å². The molecule has 3 aliphatic heterocycles. The van der Waals surface area contributed by atoms with Crippen molar-refractivity contribution < 1.29 is 9.53 Å². The van der Waals surface area contributed by atoms with Crippen LogP contribution in [0.5, 0.6) is 0 Å². The molecule has 18 heavy (non-hydrogen) atoms. The number of fused-ring (bicyclic) bond motifs is 2. The maximum atomic E-state index is 12.3. The van der Waals surface area contributed by atoms with Crippen LogP contribution in [-0.2, 0) is 9.53 Å². The lowest BCUT2D eigenvalue weighted by molar-refractivity contribution is -0.137. The zero-order valence-electron chi connectivity index (χ0n) is 10.9. The lowest BCUT2D eigenvalue weighted by Gasteiger charge is -2.36. The van der Waals surface area contributed by atoms with Gasteiger partial charge in [0.2, 0.25) is 5.91 Å². The van der Waals surface area contributed by atoms with Gasteiger partial charge in [-0.3, -0.25) is 4.79 Å². The van der Waals surface area contributed by atoms with Crippen LogP contribution in [0.2, 0.25) is 0 Å². The second kappa shape index (κ2) is 5.76. The Morgan fingerprint density at radius 1 is 1.22 bits per heavy atom. The summed E-state index contributed by atoms with van der Waals surface area (Å²) in [6.07, 6.45) is 5.74. The molecule has 1 amide bonds. The zero-order chi connectivity index (χ0) is 11.8. The van der Waals surface area contributed by atoms with Gasteiger partial charge >= 0.3 is 0 Å². The number of halogens is 1. The largest absolute Gasteiger partial charge is 0.381 e. The minimum absolute atomic E-state index is 0. The predicted octanol–water partition coefficient (Wildman–Crippen LogP) is 1.19. The molecule has 0 spiro atoms. The van der Waals surface area contributed by atoms with Crippen molar-refractivity contribution in [1.29, 1.82) is 0 Å². The molecule has 0 aromatic carbocycles. The molecule has 0 radical (unpaired) electrons. The fraction of sp³-hybridized carbons (Fsp3) is 0.923. The molecular formula is C13H23ClN2O2. The quantitative estimate of drug-likeness (QED) is 0.822. The molecule has 4 nitrogen and oxygen atoms in total. The van der Waals surface area contributed by atoms with E-state index in [1.54, 1.807) is 0 Å². The summed E-state index contributed by atoms with van der Waals surface area (Å²) < 4.78 is 5.31. The number of amides is 1. The summed E-state index contributed by atoms with van der Waals surface area (Å²) in [6.45, 7) is 1.38. The molecule has 3 saturated heterocycles. The third-order valence-corrected chi connectivity index (χ3v) is 4.62. The van der Waals surface area contributed by atoms with Gasteiger partial charge in [0.1, 0.15) is 0 Å². The van der Waals surface area contributed by atoms with Crippen LogP contribution in [0.25, 0.3) is 0 Å². The second-order valence-electron chi connectivity index (χ2n) is 5.77. The van der Waals surface area contributed by atoms with E-state index in [2.05, 4.69) is 5.32 Å². The maximum absolute atomic E-state index is 12.3. The number of piperidine rings is 1. The van der Waals surface area contributed by atoms with Crippen LogP contribution in [0.15, 0.2) is 0 Å². The third-order valence-electron chi connectivity index (χ3n) is 4.62. The molecule has 0 aromatic rings. The van der Waals surface area contributed by atoms with Crippen LogP contribution in [0.4, 0.5) is 0 Å². The number of carbonyl (C=O) groups excluding carboxylic acids is 1. The van der Waals surface area contributed by atoms with Crippen LogP contribution >= 0.6 is 12.4 Å². The van der Waals surface area contributed by atoms with Gasteiger partial charge in [-0.2, -0.15) is 0 Å². The minimum atomic E-state index is 0. The number of rotatable bonds is 2. The van der Waals surface area contributed by atoms with Gasteiger partial charge in [-0.25, -0.2) is 0 Å². The molecular weight excluding hydrogens is 252 g/mol. The molecule has 2 bridgehead atoms. The van der Waals surface area contributed by atoms with E-state index in [0.717, 1.165) is 25.9 Å². The van der Waals surface area contributed by atoms with Crippen molar-refractivity contribution in [3.05, 3.63) is 0 Å². The standard InChI is InChI=1S/C13H22N2O2.ClH/c1-15(13(16)9-4-5-17-8-9)12-6-10-2-3-11(7-12)14-10;/h9-12,14H,2-8H2,1H3;1H. The first-order chi connectivity index (χ1) is 8.24. The average Bonchev–Trinajstić information content (AvgIpc) is 2.97. The highest BCUT2D eigenvalue weighted by Crippen LogP contribution is 2.30. The first kappa shape index (κ1) is 14.1. The van der Waals surface area contributed by atoms with Crippen molar-refractivity contribution >= 4 is 18.3 Å². The number of nitrogens with one attached hydrogen (secondary N) is 1. The second-order valence-corrected chi connectivity index (χ2v) is 5.77. The summed E-state index contributed by atoms with van der Waals surface area (Å²) in [5.74, 6) is 0.418. The fourth-order valence-corrected chi connectivity index (χ4v) is 3.54. The van der Waals surface area contributed by atoms with E-state index in [-0.39, 0.29) is 18.3 Å². The summed E-state index contributed by atoms with van der Waals surface area (Å²) in [5.41, 5.74) is 0. The molecule has 3 unspecified atom stereocenters. The summed E-state index contributed by atoms with van der Waals surface area (Å²) in [6, 6.07) is 1.74. The van der Waals surface area contributed by atoms with E-state index in [0.29, 0.717) is 30.6 Å². The molecule has 0 saturated carbocycles. The van der Waals surface area contributed by atoms with Crippen LogP contribution in [0.3, 0.4) is 0 Å². The summed E-state index contributed by atoms with van der Waals surface area (Å²) in [7, 11) is 1.98. The highest BCUT2D eigenvalue weighted by Gasteiger charge is 2.38. The molecule has 3 heterocycles. The van der Waals surface area contributed by atoms with E-state index < -0.39 is 0 Å². The molecule has 0 aromatic heterocycles. The normalized spacial score (nSPS) is 38.3. The highest BCUT2D eigenvalue weighted by atomic mass is 35.5. The Morgan fingerprint density at radius 2 is 1.89 bits per heavy atom. The van der Waals surface area contributed by atoms with E-state index in [1.807, 2.05) is 11.9 Å². The van der Waals surface area contributed by atoms with Crippen LogP contribution in [0, 0.1) is 5.92 Å². The smallest absolute Gasteiger partial charge is 0.228 e. The molecule has 5 heteroatoms. The first-order valence-corrected chi connectivity index (χ1v) is 6.84. The van der Waals surface area contributed by atoms with Gasteiger partial charge in [0, 0.05) is 31.8 Å². The minimum Gasteiger partial charge on any atom is -0.381 e. The number of carbonyl (C=O) groups is 1. The SMILES string of the molecule is CN(C(=O)C1CCOC1)C1CC2CCC(C1)N2.Cl. The Kier molecular flexibility index (Phi) is 4.51. The van der Waals surface area contributed by atoms with Crippen molar-refractivity contribution in [3.8, 4) is 0 Å². The van der Waals surface area contributed by atoms with E-state index in [4.69, 9.17) is 4.74 Å². The van der Waals surface area contributed by atoms with Crippen molar-refractivity contribution in [2.75, 3.05) is 20.3 Å². The number of nitrogens with zero attached hydrogens (tertiary/aromatic N) is 1. The Bertz CT molecular complexity index is 295. The van der Waals surface area contributed by atoms with E-state index in [9.17, 15) is 4.79 Å². The maximum Gasteiger partial charge on any atom is 0.228 e. The monoisotopic (exact) mass is 274 g/mol. The number of hydrogen-bond acceptors (Lipinski definition) is 3. The Morgan fingerprint density at radius 3 is 2.44 bits per heavy atom. The molecule has 3 rings (SSSR count). The summed E-state index contributed by atoms with van der Waals surface area (Å²) >= 11 is 0. The van der Waals surface area contributed by atoms with Gasteiger partial charge in [-0.15, -0.1) is 12.4 Å². The Balaban J connectivity index is 0.00000120. The predicted molar refractivity (Wildman–Crippen MR) is 71.9 cm³/mol. The van der Waals surface area contributed by atoms with Gasteiger partial charge in [0.25, 0.3) is 0 Å². The molecule has 3 atom stereocenters. The average molecular weight is 275 g/mol. The van der Waals surface area contributed by atoms with Crippen molar-refractivity contribution in [1.82, 2.24) is 10.2 Å². The van der Waals surface area contributed by atoms with Gasteiger partial charge < -0.3 is 15.0 Å². The molecule has 0 aliphatic carbocycles. The fourth-order valence-electron chi connectivity index (χ4n) is 3.54. The van der Waals surface area contributed by atoms with Gasteiger partial charge in [-0.1, -0.05) is 0 Å². The summed E-state index contributed by atoms with van der Waals surface area (Å²) in [5, 5.41) is 3.62. The molecule has 3 fully saturated rings. The van der Waals surface area contributed by atoms with Crippen molar-refractivity contribution in [3.63, 3.8) is 0 Å². The highest BCUT2D eigenvalue weighted by molar-refractivity contribution is 5.85. The topological polar surface area (TPSA) is 41.6 Å². The molecule has 104 valence electrons.